The Labute approximate surface area is 225 Å². The Hall–Kier alpha value is -3.74. The van der Waals surface area contributed by atoms with Crippen molar-refractivity contribution in [3.63, 3.8) is 0 Å². The van der Waals surface area contributed by atoms with Gasteiger partial charge in [0, 0.05) is 23.3 Å². The molecule has 6 rings (SSSR count). The van der Waals surface area contributed by atoms with Gasteiger partial charge in [0.05, 0.1) is 47.5 Å². The Morgan fingerprint density at radius 1 is 1.21 bits per heavy atom. The van der Waals surface area contributed by atoms with E-state index in [0.717, 1.165) is 32.1 Å². The number of aromatic nitrogens is 4. The van der Waals surface area contributed by atoms with Crippen LogP contribution in [0.3, 0.4) is 0 Å². The highest BCUT2D eigenvalue weighted by Gasteiger charge is 2.27. The zero-order valence-electron chi connectivity index (χ0n) is 21.5. The minimum absolute atomic E-state index is 0.00575. The number of fused-ring (bicyclic) bond motifs is 1. The third-order valence-electron chi connectivity index (χ3n) is 7.13. The van der Waals surface area contributed by atoms with Gasteiger partial charge in [0.15, 0.2) is 0 Å². The fourth-order valence-corrected chi connectivity index (χ4v) is 5.29. The molecule has 0 spiro atoms. The number of nitrogens with one attached hydrogen (secondary N) is 2. The lowest BCUT2D eigenvalue weighted by atomic mass is 9.92. The van der Waals surface area contributed by atoms with E-state index in [0.29, 0.717) is 50.5 Å². The Kier molecular flexibility index (Phi) is 6.27. The van der Waals surface area contributed by atoms with E-state index in [1.165, 1.54) is 18.3 Å². The molecule has 38 heavy (non-hydrogen) atoms. The summed E-state index contributed by atoms with van der Waals surface area (Å²) in [6.07, 6.45) is 7.98. The van der Waals surface area contributed by atoms with Crippen LogP contribution in [-0.4, -0.2) is 37.2 Å². The van der Waals surface area contributed by atoms with E-state index in [-0.39, 0.29) is 18.2 Å². The summed E-state index contributed by atoms with van der Waals surface area (Å²) in [6.45, 7) is 0. The molecule has 2 saturated carbocycles. The van der Waals surface area contributed by atoms with Crippen molar-refractivity contribution in [1.82, 2.24) is 20.0 Å². The minimum Gasteiger partial charge on any atom is -0.393 e. The van der Waals surface area contributed by atoms with Crippen molar-refractivity contribution in [3.8, 4) is 6.07 Å². The van der Waals surface area contributed by atoms with Crippen molar-refractivity contribution in [3.05, 3.63) is 76.5 Å². The van der Waals surface area contributed by atoms with E-state index >= 15 is 0 Å². The van der Waals surface area contributed by atoms with Crippen molar-refractivity contribution in [2.24, 2.45) is 0 Å². The molecule has 3 atom stereocenters. The third-order valence-corrected chi connectivity index (χ3v) is 7.42. The maximum Gasteiger partial charge on any atom is 0.123 e. The van der Waals surface area contributed by atoms with E-state index in [1.54, 1.807) is 35.1 Å². The predicted octanol–water partition coefficient (Wildman–Crippen LogP) is 5.74. The van der Waals surface area contributed by atoms with Crippen LogP contribution in [-0.2, 0) is 0 Å². The number of benzene rings is 2. The zero-order chi connectivity index (χ0) is 27.1. The van der Waals surface area contributed by atoms with Gasteiger partial charge in [-0.1, -0.05) is 28.9 Å². The highest BCUT2D eigenvalue weighted by atomic mass is 35.5. The number of hydrogen-bond acceptors (Lipinski definition) is 7. The van der Waals surface area contributed by atoms with E-state index in [4.69, 9.17) is 11.6 Å². The van der Waals surface area contributed by atoms with Gasteiger partial charge >= 0.3 is 0 Å². The van der Waals surface area contributed by atoms with Crippen molar-refractivity contribution < 1.29 is 10.9 Å². The summed E-state index contributed by atoms with van der Waals surface area (Å²) < 4.78 is 25.1. The van der Waals surface area contributed by atoms with Gasteiger partial charge in [0.1, 0.15) is 17.6 Å². The summed E-state index contributed by atoms with van der Waals surface area (Å²) in [4.78, 5) is 4.43. The lowest BCUT2D eigenvalue weighted by Gasteiger charge is -2.28. The van der Waals surface area contributed by atoms with Crippen LogP contribution in [0.4, 0.5) is 15.8 Å². The van der Waals surface area contributed by atoms with Crippen molar-refractivity contribution >= 4 is 33.9 Å². The van der Waals surface area contributed by atoms with Crippen molar-refractivity contribution in [1.29, 1.82) is 5.26 Å². The van der Waals surface area contributed by atoms with Gasteiger partial charge < -0.3 is 15.7 Å². The number of nitriles is 1. The molecule has 1 unspecified atom stereocenters. The molecule has 0 radical (unpaired) electrons. The predicted molar refractivity (Wildman–Crippen MR) is 144 cm³/mol. The fourth-order valence-electron chi connectivity index (χ4n) is 5.03. The summed E-state index contributed by atoms with van der Waals surface area (Å²) in [6, 6.07) is 10.1. The lowest BCUT2D eigenvalue weighted by Crippen LogP contribution is -2.30. The third kappa shape index (κ3) is 5.02. The summed E-state index contributed by atoms with van der Waals surface area (Å²) in [5.41, 5.74) is 2.79. The van der Waals surface area contributed by atoms with Crippen LogP contribution in [0.5, 0.6) is 0 Å². The van der Waals surface area contributed by atoms with Crippen LogP contribution in [0.25, 0.3) is 10.9 Å². The summed E-state index contributed by atoms with van der Waals surface area (Å²) >= 11 is 6.70. The minimum atomic E-state index is -1.61. The van der Waals surface area contributed by atoms with E-state index in [2.05, 4.69) is 32.0 Å². The molecule has 2 fully saturated rings. The number of nitrogens with zero attached hydrogens (tertiary/aromatic N) is 5. The summed E-state index contributed by atoms with van der Waals surface area (Å²) in [5.74, 6) is -0.407. The van der Waals surface area contributed by atoms with Gasteiger partial charge in [-0.2, -0.15) is 5.26 Å². The average molecular weight is 533 g/mol. The van der Waals surface area contributed by atoms with Crippen LogP contribution >= 0.6 is 11.6 Å². The molecule has 0 aliphatic heterocycles. The summed E-state index contributed by atoms with van der Waals surface area (Å²) in [5, 5.41) is 36.2. The highest BCUT2D eigenvalue weighted by Crippen LogP contribution is 2.38. The van der Waals surface area contributed by atoms with Crippen molar-refractivity contribution in [2.45, 2.75) is 62.7 Å². The van der Waals surface area contributed by atoms with Crippen LogP contribution < -0.4 is 10.6 Å². The average Bonchev–Trinajstić information content (AvgIpc) is 3.65. The molecule has 194 valence electrons. The zero-order valence-corrected chi connectivity index (χ0v) is 21.3. The Morgan fingerprint density at radius 3 is 2.76 bits per heavy atom. The van der Waals surface area contributed by atoms with Crippen LogP contribution in [0, 0.1) is 17.1 Å². The number of halogens is 2. The van der Waals surface area contributed by atoms with E-state index in [9.17, 15) is 16.1 Å². The highest BCUT2D eigenvalue weighted by molar-refractivity contribution is 6.35. The second kappa shape index (κ2) is 10.2. The molecule has 0 saturated heterocycles. The summed E-state index contributed by atoms with van der Waals surface area (Å²) in [7, 11) is 0. The SMILES string of the molecule is [2H]C(Nc1cc(Cl)c2ncc(C#N)c(N[C@@H]3CCC[C@H](O)C3)c2c1)(c1ccc(F)cc1)c1cn(C2CC2)nn1. The standard InChI is InChI=1S/C28H27ClFN7O/c29-24-12-20(11-23-26(17(13-31)14-32-28(23)24)33-19-2-1-3-22(38)10-19)34-27(16-4-6-18(30)7-5-16)25-15-37(36-35-25)21-8-9-21/h4-7,11-12,14-15,19,21-22,27,34,38H,1-3,8-10H2,(H,32,33)/t19-,22+,27?/m1/s1/i27D. The fraction of sp³-hybridized carbons (Fsp3) is 0.357. The molecule has 2 aromatic carbocycles. The molecule has 2 aromatic heterocycles. The van der Waals surface area contributed by atoms with Gasteiger partial charge in [-0.05, 0) is 68.4 Å². The van der Waals surface area contributed by atoms with Gasteiger partial charge in [0.25, 0.3) is 0 Å². The Morgan fingerprint density at radius 2 is 2.03 bits per heavy atom. The second-order valence-corrected chi connectivity index (χ2v) is 10.4. The van der Waals surface area contributed by atoms with Crippen LogP contribution in [0.15, 0.2) is 48.8 Å². The largest absolute Gasteiger partial charge is 0.393 e. The molecule has 2 aliphatic carbocycles. The Balaban J connectivity index is 1.44. The smallest absolute Gasteiger partial charge is 0.123 e. The van der Waals surface area contributed by atoms with Gasteiger partial charge in [-0.25, -0.2) is 9.07 Å². The quantitative estimate of drug-likeness (QED) is 0.278. The first-order chi connectivity index (χ1) is 18.8. The van der Waals surface area contributed by atoms with Gasteiger partial charge in [-0.15, -0.1) is 5.10 Å². The molecule has 10 heteroatoms. The monoisotopic (exact) mass is 532 g/mol. The molecule has 8 nitrogen and oxygen atoms in total. The molecule has 0 bridgehead atoms. The maximum absolute atomic E-state index is 13.8. The molecule has 2 heterocycles. The first-order valence-corrected chi connectivity index (χ1v) is 13.2. The molecular formula is C28H27ClFN7O. The maximum atomic E-state index is 13.8. The number of hydrogen-bond donors (Lipinski definition) is 3. The molecule has 4 aromatic rings. The number of pyridine rings is 1. The van der Waals surface area contributed by atoms with E-state index in [1.807, 2.05) is 0 Å². The lowest BCUT2D eigenvalue weighted by molar-refractivity contribution is 0.124. The Bertz CT molecular complexity index is 1570. The molecule has 2 aliphatic rings. The number of rotatable bonds is 7. The van der Waals surface area contributed by atoms with Gasteiger partial charge in [-0.3, -0.25) is 4.98 Å². The van der Waals surface area contributed by atoms with E-state index < -0.39 is 11.8 Å². The molecular weight excluding hydrogens is 505 g/mol. The van der Waals surface area contributed by atoms with Crippen LogP contribution in [0.1, 0.15) is 68.8 Å². The van der Waals surface area contributed by atoms with Crippen molar-refractivity contribution in [2.75, 3.05) is 10.6 Å². The number of anilines is 2. The first-order valence-electron chi connectivity index (χ1n) is 13.3. The second-order valence-electron chi connectivity index (χ2n) is 10.00. The normalized spacial score (nSPS) is 21.4. The number of aliphatic hydroxyl groups is 1. The first kappa shape index (κ1) is 23.4. The number of aliphatic hydroxyl groups excluding tert-OH is 1. The molecule has 0 amide bonds. The van der Waals surface area contributed by atoms with Crippen LogP contribution in [0.2, 0.25) is 5.02 Å². The molecule has 3 N–H and O–H groups in total. The topological polar surface area (TPSA) is 112 Å². The van der Waals surface area contributed by atoms with Gasteiger partial charge in [0.2, 0.25) is 0 Å².